The second kappa shape index (κ2) is 78.2. The molecule has 0 rings (SSSR count). The van der Waals surface area contributed by atoms with Gasteiger partial charge in [0, 0.05) is 68.3 Å². The third-order valence-electron chi connectivity index (χ3n) is 0. The Labute approximate surface area is 152 Å². The molecule has 0 aromatic carbocycles. The van der Waals surface area contributed by atoms with Gasteiger partial charge in [-0.3, -0.25) is 0 Å². The quantitative estimate of drug-likeness (QED) is 0.371. The first-order valence-corrected chi connectivity index (χ1v) is 0. The van der Waals surface area contributed by atoms with Crippen molar-refractivity contribution < 1.29 is 68.3 Å². The molecule has 0 aliphatic heterocycles. The van der Waals surface area contributed by atoms with Crippen LogP contribution in [0.5, 0.6) is 0 Å². The van der Waals surface area contributed by atoms with Gasteiger partial charge in [0.05, 0.1) is 0 Å². The van der Waals surface area contributed by atoms with E-state index in [0.717, 1.165) is 0 Å². The maximum absolute atomic E-state index is 0. The van der Waals surface area contributed by atoms with E-state index < -0.39 is 0 Å². The summed E-state index contributed by atoms with van der Waals surface area (Å²) in [5.41, 5.74) is 0. The average Bonchev–Trinajstić information content (AvgIpc) is 0. The van der Waals surface area contributed by atoms with Crippen molar-refractivity contribution in [3.63, 3.8) is 0 Å². The molecule has 0 spiro atoms. The summed E-state index contributed by atoms with van der Waals surface area (Å²) in [6.45, 7) is 0. The first-order chi connectivity index (χ1) is 0. The molecule has 0 nitrogen and oxygen atoms in total. The summed E-state index contributed by atoms with van der Waals surface area (Å²) in [5, 5.41) is 0. The molecule has 0 heterocycles. The summed E-state index contributed by atoms with van der Waals surface area (Å²) in [4.78, 5) is 0. The molecule has 0 unspecified atom stereocenters. The molecule has 9 heavy (non-hydrogen) atoms. The normalized spacial score (nSPS) is 0. The van der Waals surface area contributed by atoms with E-state index in [1.807, 2.05) is 0 Å². The molecule has 0 fully saturated rings. The monoisotopic (exact) mass is 374 g/mol. The number of hydrogen-bond acceptors (Lipinski definition) is 0. The fourth-order valence-corrected chi connectivity index (χ4v) is 0. The zero-order chi connectivity index (χ0) is 0. The van der Waals surface area contributed by atoms with Gasteiger partial charge >= 0.3 is 0 Å². The first kappa shape index (κ1) is 99.3. The van der Waals surface area contributed by atoms with Gasteiger partial charge in [0.2, 0.25) is 0 Å². The Bertz CT molecular complexity index is 8.92. The van der Waals surface area contributed by atoms with Gasteiger partial charge < -0.3 is 0 Å². The predicted molar refractivity (Wildman–Crippen MR) is 49.7 cm³/mol. The third kappa shape index (κ3) is 65.4. The molecule has 0 N–H and O–H groups in total. The van der Waals surface area contributed by atoms with Crippen molar-refractivity contribution in [2.24, 2.45) is 0 Å². The summed E-state index contributed by atoms with van der Waals surface area (Å²) in [6.07, 6.45) is 0. The van der Waals surface area contributed by atoms with Crippen LogP contribution in [-0.2, 0) is 68.3 Å². The van der Waals surface area contributed by atoms with Crippen molar-refractivity contribution in [1.29, 1.82) is 0 Å². The molecule has 0 saturated heterocycles. The first-order valence-electron chi connectivity index (χ1n) is 0. The van der Waals surface area contributed by atoms with E-state index in [4.69, 9.17) is 0 Å². The van der Waals surface area contributed by atoms with E-state index >= 15 is 0 Å². The van der Waals surface area contributed by atoms with Crippen molar-refractivity contribution in [1.82, 2.24) is 0 Å². The standard InChI is InChI=1S/5Al.4Fe.15H. The Morgan fingerprint density at radius 3 is 0.222 bits per heavy atom. The van der Waals surface area contributed by atoms with Crippen LogP contribution in [0.1, 0.15) is 0 Å². The van der Waals surface area contributed by atoms with E-state index in [0.29, 0.717) is 0 Å². The van der Waals surface area contributed by atoms with Gasteiger partial charge in [-0.05, 0) is 0 Å². The minimum Gasteiger partial charge on any atom is 0 e. The van der Waals surface area contributed by atoms with E-state index in [1.54, 1.807) is 0 Å². The fourth-order valence-electron chi connectivity index (χ4n) is 0. The molecule has 0 saturated carbocycles. The smallest absolute Gasteiger partial charge is 0 e. The van der Waals surface area contributed by atoms with Crippen LogP contribution in [0.25, 0.3) is 0 Å². The van der Waals surface area contributed by atoms with Crippen LogP contribution in [0.15, 0.2) is 0 Å². The molecule has 62 valence electrons. The van der Waals surface area contributed by atoms with Crippen LogP contribution in [0.3, 0.4) is 0 Å². The largest absolute Gasteiger partial charge is 0.187 e. The SMILES string of the molecule is [AlH3].[AlH3].[AlH3].[AlH3].[AlH3].[Fe].[Fe].[Fe].[Fe]. The maximum Gasteiger partial charge on any atom is 0.187 e. The third-order valence-corrected chi connectivity index (χ3v) is 0. The minimum atomic E-state index is 0. The Morgan fingerprint density at radius 2 is 0.222 bits per heavy atom. The molecule has 0 aromatic heterocycles. The van der Waals surface area contributed by atoms with E-state index in [1.165, 1.54) is 0 Å². The molecular formula is H15Al5Fe4. The Balaban J connectivity index is 0. The second-order valence-electron chi connectivity index (χ2n) is 0. The zero-order valence-corrected chi connectivity index (χ0v) is 5.83. The van der Waals surface area contributed by atoms with Gasteiger partial charge in [0.15, 0.2) is 86.8 Å². The van der Waals surface area contributed by atoms with Gasteiger partial charge in [-0.25, -0.2) is 0 Å². The molecule has 0 atom stereocenters. The zero-order valence-electron chi connectivity index (χ0n) is 1.41. The summed E-state index contributed by atoms with van der Waals surface area (Å²) >= 11 is 0. The average molecular weight is 373 g/mol. The van der Waals surface area contributed by atoms with Crippen molar-refractivity contribution >= 4 is 86.8 Å². The maximum atomic E-state index is 0. The van der Waals surface area contributed by atoms with E-state index in [2.05, 4.69) is 0 Å². The topological polar surface area (TPSA) is 0 Å². The molecule has 9 heteroatoms. The van der Waals surface area contributed by atoms with Crippen LogP contribution in [0, 0.1) is 0 Å². The Morgan fingerprint density at radius 1 is 0.222 bits per heavy atom. The molecule has 0 aliphatic carbocycles. The van der Waals surface area contributed by atoms with Crippen molar-refractivity contribution in [3.8, 4) is 0 Å². The minimum absolute atomic E-state index is 0. The molecule has 0 amide bonds. The van der Waals surface area contributed by atoms with E-state index in [-0.39, 0.29) is 155 Å². The van der Waals surface area contributed by atoms with Crippen molar-refractivity contribution in [2.75, 3.05) is 0 Å². The second-order valence-corrected chi connectivity index (χ2v) is 0. The van der Waals surface area contributed by atoms with Crippen molar-refractivity contribution in [3.05, 3.63) is 0 Å². The van der Waals surface area contributed by atoms with Crippen LogP contribution < -0.4 is 0 Å². The number of hydrogen-bond donors (Lipinski definition) is 0. The van der Waals surface area contributed by atoms with Gasteiger partial charge in [-0.1, -0.05) is 0 Å². The van der Waals surface area contributed by atoms with E-state index in [9.17, 15) is 0 Å². The van der Waals surface area contributed by atoms with Crippen LogP contribution in [-0.4, -0.2) is 86.8 Å². The molecular weight excluding hydrogens is 358 g/mol. The summed E-state index contributed by atoms with van der Waals surface area (Å²) in [7, 11) is 0. The van der Waals surface area contributed by atoms with Crippen LogP contribution in [0.4, 0.5) is 0 Å². The molecule has 0 radical (unpaired) electrons. The van der Waals surface area contributed by atoms with Gasteiger partial charge in [-0.2, -0.15) is 0 Å². The summed E-state index contributed by atoms with van der Waals surface area (Å²) < 4.78 is 0. The summed E-state index contributed by atoms with van der Waals surface area (Å²) in [6, 6.07) is 0. The predicted octanol–water partition coefficient (Wildman–Crippen LogP) is -5.93. The Kier molecular flexibility index (Phi) is 862. The van der Waals surface area contributed by atoms with Crippen LogP contribution >= 0.6 is 0 Å². The summed E-state index contributed by atoms with van der Waals surface area (Å²) in [5.74, 6) is 0. The molecule has 0 aromatic rings. The molecule has 0 aliphatic rings. The fraction of sp³-hybridized carbons (Fsp3) is 0. The van der Waals surface area contributed by atoms with Gasteiger partial charge in [0.1, 0.15) is 0 Å². The van der Waals surface area contributed by atoms with Gasteiger partial charge in [-0.15, -0.1) is 0 Å². The van der Waals surface area contributed by atoms with Gasteiger partial charge in [0.25, 0.3) is 0 Å². The van der Waals surface area contributed by atoms with Crippen LogP contribution in [0.2, 0.25) is 0 Å². The Hall–Kier alpha value is 4.74. The molecule has 0 bridgehead atoms. The van der Waals surface area contributed by atoms with Crippen molar-refractivity contribution in [2.45, 2.75) is 0 Å². The number of rotatable bonds is 0.